The van der Waals surface area contributed by atoms with Gasteiger partial charge in [-0.25, -0.2) is 0 Å². The molecule has 0 aliphatic carbocycles. The third kappa shape index (κ3) is 2.30. The number of rotatable bonds is 3. The summed E-state index contributed by atoms with van der Waals surface area (Å²) in [4.78, 5) is 2.52. The monoisotopic (exact) mass is 189 g/mol. The second-order valence-electron chi connectivity index (χ2n) is 2.79. The van der Waals surface area contributed by atoms with Crippen molar-refractivity contribution in [2.24, 2.45) is 5.11 Å². The van der Waals surface area contributed by atoms with Crippen LogP contribution in [0.25, 0.3) is 10.4 Å². The van der Waals surface area contributed by atoms with Crippen molar-refractivity contribution < 1.29 is 20.1 Å². The quantitative estimate of drug-likeness (QED) is 0.303. The Morgan fingerprint density at radius 3 is 2.46 bits per heavy atom. The summed E-state index contributed by atoms with van der Waals surface area (Å²) in [7, 11) is 0. The SMILES string of the molecule is [N-]=[N+]=NCCC1OC(O)C(O)C1O. The van der Waals surface area contributed by atoms with Gasteiger partial charge in [-0.05, 0) is 12.0 Å². The highest BCUT2D eigenvalue weighted by atomic mass is 16.6. The third-order valence-electron chi connectivity index (χ3n) is 1.91. The van der Waals surface area contributed by atoms with E-state index in [1.165, 1.54) is 0 Å². The molecule has 4 atom stereocenters. The lowest BCUT2D eigenvalue weighted by Crippen LogP contribution is -2.32. The molecule has 4 unspecified atom stereocenters. The van der Waals surface area contributed by atoms with Gasteiger partial charge in [-0.2, -0.15) is 0 Å². The topological polar surface area (TPSA) is 119 Å². The van der Waals surface area contributed by atoms with Gasteiger partial charge in [-0.3, -0.25) is 0 Å². The van der Waals surface area contributed by atoms with Crippen LogP contribution >= 0.6 is 0 Å². The van der Waals surface area contributed by atoms with Gasteiger partial charge in [0.15, 0.2) is 6.29 Å². The maximum absolute atomic E-state index is 9.26. The van der Waals surface area contributed by atoms with E-state index in [1.54, 1.807) is 0 Å². The van der Waals surface area contributed by atoms with Crippen molar-refractivity contribution in [3.63, 3.8) is 0 Å². The molecular weight excluding hydrogens is 178 g/mol. The van der Waals surface area contributed by atoms with E-state index >= 15 is 0 Å². The number of aliphatic hydroxyl groups excluding tert-OH is 3. The van der Waals surface area contributed by atoms with Crippen molar-refractivity contribution in [1.82, 2.24) is 0 Å². The fourth-order valence-electron chi connectivity index (χ4n) is 1.20. The molecule has 1 aliphatic rings. The lowest BCUT2D eigenvalue weighted by Gasteiger charge is -2.11. The molecule has 1 heterocycles. The minimum Gasteiger partial charge on any atom is -0.387 e. The predicted molar refractivity (Wildman–Crippen MR) is 41.5 cm³/mol. The van der Waals surface area contributed by atoms with Crippen molar-refractivity contribution >= 4 is 0 Å². The van der Waals surface area contributed by atoms with Crippen LogP contribution in [-0.2, 0) is 4.74 Å². The summed E-state index contributed by atoms with van der Waals surface area (Å²) in [6.07, 6.45) is -4.15. The second-order valence-corrected chi connectivity index (χ2v) is 2.79. The fraction of sp³-hybridized carbons (Fsp3) is 1.00. The van der Waals surface area contributed by atoms with Gasteiger partial charge in [0.05, 0.1) is 6.10 Å². The van der Waals surface area contributed by atoms with E-state index in [4.69, 9.17) is 20.5 Å². The maximum atomic E-state index is 9.26. The lowest BCUT2D eigenvalue weighted by atomic mass is 10.1. The molecule has 1 fully saturated rings. The molecule has 0 radical (unpaired) electrons. The number of hydrogen-bond acceptors (Lipinski definition) is 5. The van der Waals surface area contributed by atoms with Crippen LogP contribution in [-0.4, -0.2) is 46.5 Å². The first-order valence-electron chi connectivity index (χ1n) is 3.87. The first-order valence-corrected chi connectivity index (χ1v) is 3.87. The molecule has 0 aromatic rings. The predicted octanol–water partition coefficient (Wildman–Crippen LogP) is -0.874. The van der Waals surface area contributed by atoms with Crippen LogP contribution in [0.15, 0.2) is 5.11 Å². The Morgan fingerprint density at radius 1 is 1.31 bits per heavy atom. The fourth-order valence-corrected chi connectivity index (χ4v) is 1.20. The molecule has 0 spiro atoms. The van der Waals surface area contributed by atoms with Gasteiger partial charge in [0, 0.05) is 11.5 Å². The molecule has 0 aromatic carbocycles. The lowest BCUT2D eigenvalue weighted by molar-refractivity contribution is -0.127. The Hall–Kier alpha value is -0.850. The summed E-state index contributed by atoms with van der Waals surface area (Å²) < 4.78 is 4.80. The van der Waals surface area contributed by atoms with Gasteiger partial charge in [0.1, 0.15) is 12.2 Å². The summed E-state index contributed by atoms with van der Waals surface area (Å²) in [5.41, 5.74) is 7.97. The van der Waals surface area contributed by atoms with Crippen LogP contribution < -0.4 is 0 Å². The maximum Gasteiger partial charge on any atom is 0.183 e. The number of ether oxygens (including phenoxy) is 1. The second kappa shape index (κ2) is 4.40. The molecule has 7 nitrogen and oxygen atoms in total. The highest BCUT2D eigenvalue weighted by molar-refractivity contribution is 4.85. The van der Waals surface area contributed by atoms with E-state index in [-0.39, 0.29) is 13.0 Å². The Bertz CT molecular complexity index is 218. The molecule has 1 saturated heterocycles. The van der Waals surface area contributed by atoms with Crippen molar-refractivity contribution in [3.8, 4) is 0 Å². The van der Waals surface area contributed by atoms with Crippen LogP contribution in [0.5, 0.6) is 0 Å². The first-order chi connectivity index (χ1) is 6.16. The summed E-state index contributed by atoms with van der Waals surface area (Å²) in [6.45, 7) is 0.164. The van der Waals surface area contributed by atoms with Crippen LogP contribution in [0, 0.1) is 0 Å². The number of nitrogens with zero attached hydrogens (tertiary/aromatic N) is 3. The molecule has 1 aliphatic heterocycles. The van der Waals surface area contributed by atoms with Crippen molar-refractivity contribution in [1.29, 1.82) is 0 Å². The Morgan fingerprint density at radius 2 is 2.00 bits per heavy atom. The van der Waals surface area contributed by atoms with Gasteiger partial charge in [-0.1, -0.05) is 5.11 Å². The van der Waals surface area contributed by atoms with Crippen LogP contribution in [0.3, 0.4) is 0 Å². The minimum absolute atomic E-state index is 0.164. The highest BCUT2D eigenvalue weighted by Gasteiger charge is 2.40. The standard InChI is InChI=1S/C6H11N3O4/c7-9-8-2-1-3-4(10)5(11)6(12)13-3/h3-6,10-12H,1-2H2. The molecule has 0 bridgehead atoms. The molecule has 3 N–H and O–H groups in total. The van der Waals surface area contributed by atoms with E-state index in [2.05, 4.69) is 10.0 Å². The van der Waals surface area contributed by atoms with Gasteiger partial charge in [0.25, 0.3) is 0 Å². The summed E-state index contributed by atoms with van der Waals surface area (Å²) in [6, 6.07) is 0. The van der Waals surface area contributed by atoms with E-state index in [0.717, 1.165) is 0 Å². The van der Waals surface area contributed by atoms with Gasteiger partial charge >= 0.3 is 0 Å². The van der Waals surface area contributed by atoms with Gasteiger partial charge in [-0.15, -0.1) is 0 Å². The molecular formula is C6H11N3O4. The molecule has 0 saturated carbocycles. The van der Waals surface area contributed by atoms with Gasteiger partial charge in [0.2, 0.25) is 0 Å². The van der Waals surface area contributed by atoms with E-state index in [0.29, 0.717) is 0 Å². The van der Waals surface area contributed by atoms with Crippen LogP contribution in [0.4, 0.5) is 0 Å². The van der Waals surface area contributed by atoms with Crippen molar-refractivity contribution in [2.75, 3.05) is 6.54 Å². The van der Waals surface area contributed by atoms with Crippen LogP contribution in [0.1, 0.15) is 6.42 Å². The minimum atomic E-state index is -1.36. The van der Waals surface area contributed by atoms with E-state index < -0.39 is 24.6 Å². The zero-order valence-electron chi connectivity index (χ0n) is 6.82. The normalized spacial score (nSPS) is 38.7. The first kappa shape index (κ1) is 10.2. The number of azide groups is 1. The van der Waals surface area contributed by atoms with Crippen LogP contribution in [0.2, 0.25) is 0 Å². The summed E-state index contributed by atoms with van der Waals surface area (Å²) >= 11 is 0. The number of hydrogen-bond donors (Lipinski definition) is 3. The molecule has 74 valence electrons. The zero-order chi connectivity index (χ0) is 9.84. The van der Waals surface area contributed by atoms with Crippen molar-refractivity contribution in [3.05, 3.63) is 10.4 Å². The molecule has 13 heavy (non-hydrogen) atoms. The molecule has 0 amide bonds. The Balaban J connectivity index is 2.39. The van der Waals surface area contributed by atoms with E-state index in [9.17, 15) is 5.11 Å². The van der Waals surface area contributed by atoms with E-state index in [1.807, 2.05) is 0 Å². The molecule has 1 rings (SSSR count). The van der Waals surface area contributed by atoms with Gasteiger partial charge < -0.3 is 20.1 Å². The molecule has 7 heteroatoms. The smallest absolute Gasteiger partial charge is 0.183 e. The summed E-state index contributed by atoms with van der Waals surface area (Å²) in [5, 5.41) is 30.5. The number of aliphatic hydroxyl groups is 3. The third-order valence-corrected chi connectivity index (χ3v) is 1.91. The largest absolute Gasteiger partial charge is 0.387 e. The van der Waals surface area contributed by atoms with Crippen molar-refractivity contribution in [2.45, 2.75) is 31.0 Å². The highest BCUT2D eigenvalue weighted by Crippen LogP contribution is 2.21. The Labute approximate surface area is 74.2 Å². The Kier molecular flexibility index (Phi) is 3.47. The average Bonchev–Trinajstić information content (AvgIpc) is 2.34. The molecule has 0 aromatic heterocycles. The summed E-state index contributed by atoms with van der Waals surface area (Å²) in [5.74, 6) is 0. The average molecular weight is 189 g/mol. The zero-order valence-corrected chi connectivity index (χ0v) is 6.82.